The van der Waals surface area contributed by atoms with Crippen LogP contribution in [0.3, 0.4) is 0 Å². The molecule has 0 aliphatic heterocycles. The van der Waals surface area contributed by atoms with E-state index in [1.165, 1.54) is 25.7 Å². The first kappa shape index (κ1) is 12.4. The van der Waals surface area contributed by atoms with Crippen molar-refractivity contribution >= 4 is 17.4 Å². The molecular weight excluding hydrogens is 202 g/mol. The van der Waals surface area contributed by atoms with E-state index in [9.17, 15) is 0 Å². The predicted octanol–water partition coefficient (Wildman–Crippen LogP) is 4.76. The predicted molar refractivity (Wildman–Crippen MR) is 69.1 cm³/mol. The van der Waals surface area contributed by atoms with Crippen LogP contribution < -0.4 is 0 Å². The Morgan fingerprint density at radius 1 is 1.47 bits per heavy atom. The monoisotopic (exact) mass is 223 g/mol. The molecule has 0 aromatic carbocycles. The lowest BCUT2D eigenvalue weighted by Gasteiger charge is -2.23. The summed E-state index contributed by atoms with van der Waals surface area (Å²) in [6.07, 6.45) is 11.4. The van der Waals surface area contributed by atoms with Gasteiger partial charge in [-0.05, 0) is 24.3 Å². The fourth-order valence-electron chi connectivity index (χ4n) is 1.55. The fourth-order valence-corrected chi connectivity index (χ4v) is 2.08. The molecule has 0 fully saturated rings. The maximum atomic E-state index is 4.27. The topological polar surface area (TPSA) is 12.9 Å². The summed E-state index contributed by atoms with van der Waals surface area (Å²) in [5.41, 5.74) is 0.349. The second-order valence-corrected chi connectivity index (χ2v) is 5.24. The van der Waals surface area contributed by atoms with Crippen molar-refractivity contribution in [1.29, 1.82) is 0 Å². The van der Waals surface area contributed by atoms with Crippen LogP contribution in [-0.2, 0) is 0 Å². The van der Waals surface area contributed by atoms with E-state index in [-0.39, 0.29) is 0 Å². The molecule has 0 radical (unpaired) electrons. The van der Waals surface area contributed by atoms with Crippen molar-refractivity contribution in [2.24, 2.45) is 5.41 Å². The number of rotatable bonds is 6. The average molecular weight is 223 g/mol. The first-order valence-electron chi connectivity index (χ1n) is 5.79. The van der Waals surface area contributed by atoms with Crippen LogP contribution in [0.15, 0.2) is 17.7 Å². The van der Waals surface area contributed by atoms with Crippen LogP contribution in [-0.4, -0.2) is 4.98 Å². The lowest BCUT2D eigenvalue weighted by molar-refractivity contribution is 0.365. The van der Waals surface area contributed by atoms with Gasteiger partial charge in [0.05, 0.1) is 0 Å². The van der Waals surface area contributed by atoms with Gasteiger partial charge >= 0.3 is 0 Å². The fraction of sp³-hybridized carbons (Fsp3) is 0.615. The van der Waals surface area contributed by atoms with Crippen LogP contribution in [0.4, 0.5) is 0 Å². The molecule has 1 aromatic rings. The highest BCUT2D eigenvalue weighted by molar-refractivity contribution is 7.10. The van der Waals surface area contributed by atoms with Crippen molar-refractivity contribution in [3.8, 4) is 0 Å². The van der Waals surface area contributed by atoms with Gasteiger partial charge < -0.3 is 0 Å². The molecule has 0 amide bonds. The van der Waals surface area contributed by atoms with Crippen LogP contribution in [0.1, 0.15) is 51.5 Å². The minimum absolute atomic E-state index is 0.349. The van der Waals surface area contributed by atoms with Crippen LogP contribution in [0, 0.1) is 5.41 Å². The molecule has 1 unspecified atom stereocenters. The number of hydrogen-bond donors (Lipinski definition) is 0. The largest absolute Gasteiger partial charge is 0.245 e. The SMILES string of the molecule is CCCCC(C)(/C=C/c1nccs1)CC. The third-order valence-electron chi connectivity index (χ3n) is 2.99. The summed E-state index contributed by atoms with van der Waals surface area (Å²) in [4.78, 5) is 4.27. The van der Waals surface area contributed by atoms with E-state index < -0.39 is 0 Å². The lowest BCUT2D eigenvalue weighted by atomic mass is 9.82. The Labute approximate surface area is 97.3 Å². The molecule has 15 heavy (non-hydrogen) atoms. The Kier molecular flexibility index (Phi) is 5.03. The van der Waals surface area contributed by atoms with Crippen LogP contribution in [0.25, 0.3) is 6.08 Å². The minimum Gasteiger partial charge on any atom is -0.245 e. The molecule has 84 valence electrons. The van der Waals surface area contributed by atoms with E-state index in [0.717, 1.165) is 5.01 Å². The van der Waals surface area contributed by atoms with Crippen molar-refractivity contribution < 1.29 is 0 Å². The number of hydrogen-bond acceptors (Lipinski definition) is 2. The first-order valence-corrected chi connectivity index (χ1v) is 6.67. The van der Waals surface area contributed by atoms with Crippen LogP contribution >= 0.6 is 11.3 Å². The highest BCUT2D eigenvalue weighted by atomic mass is 32.1. The maximum absolute atomic E-state index is 4.27. The highest BCUT2D eigenvalue weighted by Crippen LogP contribution is 2.30. The Morgan fingerprint density at radius 2 is 2.27 bits per heavy atom. The molecule has 0 saturated carbocycles. The number of unbranched alkanes of at least 4 members (excludes halogenated alkanes) is 1. The second kappa shape index (κ2) is 6.06. The van der Waals surface area contributed by atoms with Crippen molar-refractivity contribution in [3.63, 3.8) is 0 Å². The zero-order chi connectivity index (χ0) is 11.1. The summed E-state index contributed by atoms with van der Waals surface area (Å²) in [6, 6.07) is 0. The molecule has 0 bridgehead atoms. The summed E-state index contributed by atoms with van der Waals surface area (Å²) >= 11 is 1.70. The van der Waals surface area contributed by atoms with Crippen LogP contribution in [0.5, 0.6) is 0 Å². The van der Waals surface area contributed by atoms with E-state index in [1.54, 1.807) is 11.3 Å². The highest BCUT2D eigenvalue weighted by Gasteiger charge is 2.17. The van der Waals surface area contributed by atoms with Gasteiger partial charge in [0.25, 0.3) is 0 Å². The zero-order valence-corrected chi connectivity index (χ0v) is 10.8. The Hall–Kier alpha value is -0.630. The van der Waals surface area contributed by atoms with E-state index in [1.807, 2.05) is 11.6 Å². The third kappa shape index (κ3) is 4.17. The summed E-state index contributed by atoms with van der Waals surface area (Å²) in [6.45, 7) is 6.86. The molecule has 0 N–H and O–H groups in total. The molecule has 2 heteroatoms. The normalized spacial score (nSPS) is 15.7. The molecule has 0 spiro atoms. The Bertz CT molecular complexity index is 289. The minimum atomic E-state index is 0.349. The molecule has 0 saturated heterocycles. The van der Waals surface area contributed by atoms with Gasteiger partial charge in [0, 0.05) is 11.6 Å². The van der Waals surface area contributed by atoms with Gasteiger partial charge in [0.15, 0.2) is 0 Å². The molecule has 1 aromatic heterocycles. The molecule has 1 nitrogen and oxygen atoms in total. The molecule has 1 atom stereocenters. The molecular formula is C13H21NS. The van der Waals surface area contributed by atoms with Crippen molar-refractivity contribution in [1.82, 2.24) is 4.98 Å². The van der Waals surface area contributed by atoms with Gasteiger partial charge in [-0.25, -0.2) is 4.98 Å². The average Bonchev–Trinajstić information content (AvgIpc) is 2.76. The summed E-state index contributed by atoms with van der Waals surface area (Å²) < 4.78 is 0. The van der Waals surface area contributed by atoms with Gasteiger partial charge in [0.2, 0.25) is 0 Å². The number of nitrogens with zero attached hydrogens (tertiary/aromatic N) is 1. The van der Waals surface area contributed by atoms with E-state index >= 15 is 0 Å². The van der Waals surface area contributed by atoms with E-state index in [0.29, 0.717) is 5.41 Å². The summed E-state index contributed by atoms with van der Waals surface area (Å²) in [5.74, 6) is 0. The van der Waals surface area contributed by atoms with Gasteiger partial charge in [-0.3, -0.25) is 0 Å². The standard InChI is InChI=1S/C13H21NS/c1-4-6-8-13(3,5-2)9-7-12-14-10-11-15-12/h7,9-11H,4-6,8H2,1-3H3/b9-7+. The molecule has 0 aliphatic carbocycles. The summed E-state index contributed by atoms with van der Waals surface area (Å²) in [5, 5.41) is 3.14. The quantitative estimate of drug-likeness (QED) is 0.677. The van der Waals surface area contributed by atoms with Crippen molar-refractivity contribution in [2.45, 2.75) is 46.5 Å². The molecule has 1 rings (SSSR count). The first-order chi connectivity index (χ1) is 7.20. The maximum Gasteiger partial charge on any atom is 0.115 e. The zero-order valence-electron chi connectivity index (χ0n) is 9.99. The van der Waals surface area contributed by atoms with Gasteiger partial charge in [0.1, 0.15) is 5.01 Å². The van der Waals surface area contributed by atoms with Gasteiger partial charge in [-0.15, -0.1) is 11.3 Å². The van der Waals surface area contributed by atoms with Gasteiger partial charge in [-0.2, -0.15) is 0 Å². The second-order valence-electron chi connectivity index (χ2n) is 4.31. The molecule has 1 heterocycles. The Morgan fingerprint density at radius 3 is 2.80 bits per heavy atom. The smallest absolute Gasteiger partial charge is 0.115 e. The van der Waals surface area contributed by atoms with E-state index in [2.05, 4.69) is 37.9 Å². The van der Waals surface area contributed by atoms with Crippen LogP contribution in [0.2, 0.25) is 0 Å². The Balaban J connectivity index is 2.58. The van der Waals surface area contributed by atoms with Crippen molar-refractivity contribution in [2.75, 3.05) is 0 Å². The van der Waals surface area contributed by atoms with Gasteiger partial charge in [-0.1, -0.05) is 39.7 Å². The summed E-state index contributed by atoms with van der Waals surface area (Å²) in [7, 11) is 0. The third-order valence-corrected chi connectivity index (χ3v) is 3.73. The number of allylic oxidation sites excluding steroid dienone is 1. The van der Waals surface area contributed by atoms with E-state index in [4.69, 9.17) is 0 Å². The number of thiazole rings is 1. The lowest BCUT2D eigenvalue weighted by Crippen LogP contribution is -2.11. The van der Waals surface area contributed by atoms with Crippen molar-refractivity contribution in [3.05, 3.63) is 22.7 Å². The number of aromatic nitrogens is 1. The molecule has 0 aliphatic rings.